The molecular formula is C10H14F6N2O3S. The van der Waals surface area contributed by atoms with E-state index in [-0.39, 0.29) is 17.4 Å². The van der Waals surface area contributed by atoms with Crippen molar-refractivity contribution in [1.82, 2.24) is 9.21 Å². The number of rotatable bonds is 6. The predicted molar refractivity (Wildman–Crippen MR) is 63.5 cm³/mol. The summed E-state index contributed by atoms with van der Waals surface area (Å²) in [5.74, 6) is -11.7. The molecule has 0 spiro atoms. The summed E-state index contributed by atoms with van der Waals surface area (Å²) in [5.41, 5.74) is 0. The zero-order valence-corrected chi connectivity index (χ0v) is 12.2. The maximum atomic E-state index is 13.7. The van der Waals surface area contributed by atoms with Crippen LogP contribution in [0.15, 0.2) is 0 Å². The fraction of sp³-hybridized carbons (Fsp3) is 0.900. The molecule has 0 N–H and O–H groups in total. The molecule has 5 nitrogen and oxygen atoms in total. The van der Waals surface area contributed by atoms with Gasteiger partial charge in [0.15, 0.2) is 0 Å². The third-order valence-electron chi connectivity index (χ3n) is 3.29. The summed E-state index contributed by atoms with van der Waals surface area (Å²) in [6.45, 7) is -1.06. The van der Waals surface area contributed by atoms with Crippen LogP contribution in [-0.4, -0.2) is 74.2 Å². The number of hydrogen-bond donors (Lipinski definition) is 0. The molecule has 1 aliphatic rings. The fourth-order valence-corrected chi connectivity index (χ4v) is 3.24. The Balaban J connectivity index is 3.17. The molecule has 0 saturated carbocycles. The highest BCUT2D eigenvalue weighted by atomic mass is 32.2. The van der Waals surface area contributed by atoms with Gasteiger partial charge >= 0.3 is 17.1 Å². The highest BCUT2D eigenvalue weighted by Crippen LogP contribution is 2.50. The SMILES string of the molecule is CN1CCN(S(=O)(=O)C(F)(F)C(F)(F)C(F)(F)CC=O)CC1. The summed E-state index contributed by atoms with van der Waals surface area (Å²) >= 11 is 0. The molecule has 0 aromatic heterocycles. The van der Waals surface area contributed by atoms with Crippen molar-refractivity contribution >= 4 is 16.3 Å². The van der Waals surface area contributed by atoms with Gasteiger partial charge in [0.05, 0.1) is 6.42 Å². The Labute approximate surface area is 122 Å². The zero-order chi connectivity index (χ0) is 17.4. The minimum absolute atomic E-state index is 0.00832. The van der Waals surface area contributed by atoms with Crippen LogP contribution in [-0.2, 0) is 14.8 Å². The molecular weight excluding hydrogens is 342 g/mol. The van der Waals surface area contributed by atoms with Gasteiger partial charge in [-0.2, -0.15) is 30.6 Å². The van der Waals surface area contributed by atoms with E-state index in [1.165, 1.54) is 0 Å². The van der Waals surface area contributed by atoms with Crippen molar-refractivity contribution in [2.75, 3.05) is 33.2 Å². The molecule has 1 fully saturated rings. The van der Waals surface area contributed by atoms with Gasteiger partial charge in [-0.15, -0.1) is 0 Å². The van der Waals surface area contributed by atoms with E-state index in [9.17, 15) is 39.6 Å². The summed E-state index contributed by atoms with van der Waals surface area (Å²) in [6, 6.07) is 0. The van der Waals surface area contributed by atoms with Gasteiger partial charge in [0.25, 0.3) is 10.0 Å². The van der Waals surface area contributed by atoms with Gasteiger partial charge in [-0.05, 0) is 7.05 Å². The molecule has 130 valence electrons. The van der Waals surface area contributed by atoms with Crippen molar-refractivity contribution in [3.63, 3.8) is 0 Å². The van der Waals surface area contributed by atoms with Crippen LogP contribution in [0.1, 0.15) is 6.42 Å². The van der Waals surface area contributed by atoms with Crippen LogP contribution >= 0.6 is 0 Å². The summed E-state index contributed by atoms with van der Waals surface area (Å²) in [4.78, 5) is 11.5. The highest BCUT2D eigenvalue weighted by molar-refractivity contribution is 7.90. The smallest absolute Gasteiger partial charge is 0.304 e. The second-order valence-corrected chi connectivity index (χ2v) is 6.85. The molecule has 22 heavy (non-hydrogen) atoms. The molecule has 1 aliphatic heterocycles. The number of piperazine rings is 1. The van der Waals surface area contributed by atoms with E-state index in [2.05, 4.69) is 0 Å². The van der Waals surface area contributed by atoms with Gasteiger partial charge in [-0.1, -0.05) is 0 Å². The first-order valence-electron chi connectivity index (χ1n) is 6.06. The maximum absolute atomic E-state index is 13.7. The van der Waals surface area contributed by atoms with E-state index in [0.29, 0.717) is 0 Å². The third-order valence-corrected chi connectivity index (χ3v) is 5.24. The third kappa shape index (κ3) is 2.95. The minimum Gasteiger partial charge on any atom is -0.304 e. The number of sulfonamides is 1. The van der Waals surface area contributed by atoms with E-state index in [1.807, 2.05) is 0 Å². The van der Waals surface area contributed by atoms with Crippen LogP contribution in [0.2, 0.25) is 0 Å². The number of nitrogens with zero attached hydrogens (tertiary/aromatic N) is 2. The van der Waals surface area contributed by atoms with Crippen molar-refractivity contribution in [3.05, 3.63) is 0 Å². The molecule has 1 heterocycles. The van der Waals surface area contributed by atoms with Crippen molar-refractivity contribution in [2.45, 2.75) is 23.5 Å². The lowest BCUT2D eigenvalue weighted by atomic mass is 10.1. The Morgan fingerprint density at radius 3 is 1.86 bits per heavy atom. The van der Waals surface area contributed by atoms with E-state index < -0.39 is 52.9 Å². The standard InChI is InChI=1S/C10H14F6N2O3S/c1-17-3-5-18(6-4-17)22(20,21)10(15,16)9(13,14)8(11,12)2-7-19/h7H,2-6H2,1H3. The number of halogens is 6. The summed E-state index contributed by atoms with van der Waals surface area (Å²) in [6.07, 6.45) is -2.89. The number of alkyl halides is 6. The van der Waals surface area contributed by atoms with E-state index in [1.54, 1.807) is 11.9 Å². The molecule has 0 aromatic rings. The average molecular weight is 356 g/mol. The van der Waals surface area contributed by atoms with Crippen molar-refractivity contribution in [1.29, 1.82) is 0 Å². The molecule has 0 radical (unpaired) electrons. The topological polar surface area (TPSA) is 57.7 Å². The Kier molecular flexibility index (Phi) is 5.20. The van der Waals surface area contributed by atoms with Gasteiger partial charge in [0.2, 0.25) is 0 Å². The molecule has 0 atom stereocenters. The van der Waals surface area contributed by atoms with E-state index >= 15 is 0 Å². The normalized spacial score (nSPS) is 20.1. The van der Waals surface area contributed by atoms with Crippen molar-refractivity contribution in [2.24, 2.45) is 0 Å². The van der Waals surface area contributed by atoms with Crippen LogP contribution in [0.5, 0.6) is 0 Å². The van der Waals surface area contributed by atoms with Gasteiger partial charge in [0, 0.05) is 26.2 Å². The lowest BCUT2D eigenvalue weighted by Gasteiger charge is -2.37. The van der Waals surface area contributed by atoms with Crippen LogP contribution < -0.4 is 0 Å². The molecule has 1 saturated heterocycles. The summed E-state index contributed by atoms with van der Waals surface area (Å²) in [7, 11) is -4.47. The van der Waals surface area contributed by atoms with Gasteiger partial charge in [-0.3, -0.25) is 0 Å². The predicted octanol–water partition coefficient (Wildman–Crippen LogP) is 1.02. The molecule has 0 bridgehead atoms. The van der Waals surface area contributed by atoms with Crippen LogP contribution in [0.25, 0.3) is 0 Å². The van der Waals surface area contributed by atoms with Crippen molar-refractivity contribution < 1.29 is 39.6 Å². The first-order valence-corrected chi connectivity index (χ1v) is 7.50. The number of hydrogen-bond acceptors (Lipinski definition) is 4. The number of carbonyl (C=O) groups excluding carboxylic acids is 1. The summed E-state index contributed by atoms with van der Waals surface area (Å²) in [5, 5.41) is -6.04. The van der Waals surface area contributed by atoms with Crippen LogP contribution in [0.3, 0.4) is 0 Å². The minimum atomic E-state index is -6.22. The Bertz CT molecular complexity index is 517. The molecule has 0 amide bonds. The largest absolute Gasteiger partial charge is 0.427 e. The van der Waals surface area contributed by atoms with Gasteiger partial charge in [0.1, 0.15) is 6.29 Å². The highest BCUT2D eigenvalue weighted by Gasteiger charge is 2.77. The average Bonchev–Trinajstić information content (AvgIpc) is 2.38. The quantitative estimate of drug-likeness (QED) is 0.527. The maximum Gasteiger partial charge on any atom is 0.427 e. The number of carbonyl (C=O) groups is 1. The van der Waals surface area contributed by atoms with Gasteiger partial charge in [-0.25, -0.2) is 8.42 Å². The fourth-order valence-electron chi connectivity index (χ4n) is 1.80. The van der Waals surface area contributed by atoms with E-state index in [4.69, 9.17) is 0 Å². The number of likely N-dealkylation sites (N-methyl/N-ethyl adjacent to an activating group) is 1. The van der Waals surface area contributed by atoms with Gasteiger partial charge < -0.3 is 9.69 Å². The second-order valence-electron chi connectivity index (χ2n) is 4.87. The Morgan fingerprint density at radius 1 is 1.00 bits per heavy atom. The molecule has 12 heteroatoms. The zero-order valence-electron chi connectivity index (χ0n) is 11.4. The van der Waals surface area contributed by atoms with Crippen molar-refractivity contribution in [3.8, 4) is 0 Å². The molecule has 0 unspecified atom stereocenters. The summed E-state index contributed by atoms with van der Waals surface area (Å²) < 4.78 is 104. The Hall–Kier alpha value is -0.880. The first kappa shape index (κ1) is 19.2. The Morgan fingerprint density at radius 2 is 1.45 bits per heavy atom. The molecule has 1 rings (SSSR count). The number of aldehydes is 1. The van der Waals surface area contributed by atoms with Crippen LogP contribution in [0, 0.1) is 0 Å². The van der Waals surface area contributed by atoms with E-state index in [0.717, 1.165) is 0 Å². The van der Waals surface area contributed by atoms with Crippen LogP contribution in [0.4, 0.5) is 26.3 Å². The lowest BCUT2D eigenvalue weighted by molar-refractivity contribution is -0.278. The second kappa shape index (κ2) is 5.96. The molecule has 0 aromatic carbocycles. The molecule has 0 aliphatic carbocycles. The lowest BCUT2D eigenvalue weighted by Crippen LogP contribution is -2.62. The monoisotopic (exact) mass is 356 g/mol. The first-order chi connectivity index (χ1) is 9.81.